The predicted molar refractivity (Wildman–Crippen MR) is 144 cm³/mol. The number of rotatable bonds is 6. The summed E-state index contributed by atoms with van der Waals surface area (Å²) in [4.78, 5) is 42.6. The monoisotopic (exact) mass is 577 g/mol. The Hall–Kier alpha value is -3.63. The maximum absolute atomic E-state index is 14.3. The van der Waals surface area contributed by atoms with Gasteiger partial charge in [0.25, 0.3) is 5.91 Å². The van der Waals surface area contributed by atoms with Crippen LogP contribution in [0.2, 0.25) is 0 Å². The second-order valence-electron chi connectivity index (χ2n) is 11.4. The Kier molecular flexibility index (Phi) is 8.65. The molecule has 222 valence electrons. The van der Waals surface area contributed by atoms with Crippen LogP contribution in [0.1, 0.15) is 60.5 Å². The van der Waals surface area contributed by atoms with Crippen molar-refractivity contribution in [3.8, 4) is 5.75 Å². The molecule has 0 bridgehead atoms. The van der Waals surface area contributed by atoms with E-state index in [9.17, 15) is 31.9 Å². The maximum Gasteiger partial charge on any atom is 0.416 e. The molecule has 0 saturated carbocycles. The smallest absolute Gasteiger partial charge is 0.416 e. The summed E-state index contributed by atoms with van der Waals surface area (Å²) >= 11 is 0. The molecule has 11 heteroatoms. The number of nitrogens with zero attached hydrogens (tertiary/aromatic N) is 2. The Bertz CT molecular complexity index is 1290. The standard InChI is InChI=1S/C30H35F4N3O4/c1-18(2)26(35-27(39)22-15-20(30(32,33)34)7-10-24(22)31)28(40)37-13-11-29(12-14-37)16-25(38)36(3)17-23(29)19-5-8-21(41-4)9-6-19/h5-10,15,18,23,26H,11-14,16-17H2,1-4H3,(H,35,39)/t23?,26-/m1/s1. The number of halogens is 4. The zero-order valence-electron chi connectivity index (χ0n) is 23.6. The first-order valence-electron chi connectivity index (χ1n) is 13.6. The van der Waals surface area contributed by atoms with Gasteiger partial charge in [0.2, 0.25) is 11.8 Å². The molecule has 2 aliphatic heterocycles. The van der Waals surface area contributed by atoms with E-state index >= 15 is 0 Å². The minimum atomic E-state index is -4.75. The fraction of sp³-hybridized carbons (Fsp3) is 0.500. The predicted octanol–water partition coefficient (Wildman–Crippen LogP) is 4.86. The minimum Gasteiger partial charge on any atom is -0.497 e. The lowest BCUT2D eigenvalue weighted by Gasteiger charge is -2.51. The van der Waals surface area contributed by atoms with Gasteiger partial charge in [-0.25, -0.2) is 4.39 Å². The Balaban J connectivity index is 1.50. The van der Waals surface area contributed by atoms with Gasteiger partial charge in [0.05, 0.1) is 18.2 Å². The number of methoxy groups -OCH3 is 1. The van der Waals surface area contributed by atoms with Crippen LogP contribution in [0.25, 0.3) is 0 Å². The summed E-state index contributed by atoms with van der Waals surface area (Å²) in [6.07, 6.45) is -3.27. The summed E-state index contributed by atoms with van der Waals surface area (Å²) in [5.41, 5.74) is -1.20. The van der Waals surface area contributed by atoms with Gasteiger partial charge in [-0.15, -0.1) is 0 Å². The van der Waals surface area contributed by atoms with Crippen LogP contribution in [0, 0.1) is 17.2 Å². The number of nitrogens with one attached hydrogen (secondary N) is 1. The molecular weight excluding hydrogens is 542 g/mol. The number of ether oxygens (including phenoxy) is 1. The molecule has 2 heterocycles. The molecule has 2 aromatic carbocycles. The third-order valence-corrected chi connectivity index (χ3v) is 8.47. The van der Waals surface area contributed by atoms with Crippen LogP contribution in [0.4, 0.5) is 17.6 Å². The van der Waals surface area contributed by atoms with Crippen molar-refractivity contribution in [1.29, 1.82) is 0 Å². The molecule has 0 aromatic heterocycles. The van der Waals surface area contributed by atoms with E-state index in [0.717, 1.165) is 11.3 Å². The van der Waals surface area contributed by atoms with E-state index in [1.807, 2.05) is 24.3 Å². The highest BCUT2D eigenvalue weighted by molar-refractivity contribution is 5.98. The maximum atomic E-state index is 14.3. The topological polar surface area (TPSA) is 79.0 Å². The van der Waals surface area contributed by atoms with Crippen molar-refractivity contribution >= 4 is 17.7 Å². The van der Waals surface area contributed by atoms with Gasteiger partial charge < -0.3 is 19.9 Å². The lowest BCUT2D eigenvalue weighted by atomic mass is 9.62. The van der Waals surface area contributed by atoms with Crippen LogP contribution in [-0.4, -0.2) is 67.4 Å². The highest BCUT2D eigenvalue weighted by atomic mass is 19.4. The van der Waals surface area contributed by atoms with Gasteiger partial charge in [0.15, 0.2) is 0 Å². The van der Waals surface area contributed by atoms with Crippen molar-refractivity contribution in [2.45, 2.75) is 51.2 Å². The molecule has 4 rings (SSSR count). The van der Waals surface area contributed by atoms with E-state index in [1.165, 1.54) is 0 Å². The molecule has 3 amide bonds. The molecule has 2 aromatic rings. The quantitative estimate of drug-likeness (QED) is 0.498. The summed E-state index contributed by atoms with van der Waals surface area (Å²) in [5.74, 6) is -2.17. The number of carbonyl (C=O) groups is 3. The molecule has 1 unspecified atom stereocenters. The Morgan fingerprint density at radius 2 is 1.71 bits per heavy atom. The largest absolute Gasteiger partial charge is 0.497 e. The van der Waals surface area contributed by atoms with Crippen LogP contribution in [0.15, 0.2) is 42.5 Å². The molecule has 2 atom stereocenters. The van der Waals surface area contributed by atoms with E-state index in [1.54, 1.807) is 37.8 Å². The third-order valence-electron chi connectivity index (χ3n) is 8.47. The molecule has 2 aliphatic rings. The number of amides is 3. The summed E-state index contributed by atoms with van der Waals surface area (Å²) in [5, 5.41) is 2.47. The van der Waals surface area contributed by atoms with Crippen LogP contribution in [-0.2, 0) is 15.8 Å². The molecule has 7 nitrogen and oxygen atoms in total. The molecule has 2 saturated heterocycles. The molecular formula is C30H35F4N3O4. The van der Waals surface area contributed by atoms with E-state index in [-0.39, 0.29) is 17.2 Å². The number of benzene rings is 2. The fourth-order valence-corrected chi connectivity index (χ4v) is 5.93. The van der Waals surface area contributed by atoms with Crippen LogP contribution in [0.5, 0.6) is 5.75 Å². The number of hydrogen-bond donors (Lipinski definition) is 1. The summed E-state index contributed by atoms with van der Waals surface area (Å²) in [7, 11) is 3.38. The number of likely N-dealkylation sites (tertiary alicyclic amines) is 2. The van der Waals surface area contributed by atoms with Crippen molar-refractivity contribution in [2.75, 3.05) is 33.8 Å². The summed E-state index contributed by atoms with van der Waals surface area (Å²) in [6, 6.07) is 8.33. The van der Waals surface area contributed by atoms with Crippen LogP contribution < -0.4 is 10.1 Å². The van der Waals surface area contributed by atoms with Crippen molar-refractivity contribution in [2.24, 2.45) is 11.3 Å². The average Bonchev–Trinajstić information content (AvgIpc) is 2.93. The van der Waals surface area contributed by atoms with Gasteiger partial charge in [0.1, 0.15) is 17.6 Å². The highest BCUT2D eigenvalue weighted by Gasteiger charge is 2.49. The Morgan fingerprint density at radius 1 is 1.07 bits per heavy atom. The van der Waals surface area contributed by atoms with Gasteiger partial charge in [-0.3, -0.25) is 14.4 Å². The minimum absolute atomic E-state index is 0.0463. The first-order valence-corrected chi connectivity index (χ1v) is 13.6. The van der Waals surface area contributed by atoms with E-state index in [0.29, 0.717) is 57.1 Å². The summed E-state index contributed by atoms with van der Waals surface area (Å²) in [6.45, 7) is 4.64. The first-order chi connectivity index (χ1) is 19.3. The molecule has 2 fully saturated rings. The molecule has 41 heavy (non-hydrogen) atoms. The SMILES string of the molecule is COc1ccc(C2CN(C)C(=O)CC23CCN(C(=O)[C@H](NC(=O)c2cc(C(F)(F)F)ccc2F)C(C)C)CC3)cc1. The number of likely N-dealkylation sites (N-methyl/N-ethyl adjacent to an activating group) is 1. The lowest BCUT2D eigenvalue weighted by molar-refractivity contribution is -0.143. The molecule has 1 spiro atoms. The number of piperidine rings is 2. The van der Waals surface area contributed by atoms with Gasteiger partial charge in [-0.05, 0) is 60.1 Å². The van der Waals surface area contributed by atoms with Crippen LogP contribution >= 0.6 is 0 Å². The second-order valence-corrected chi connectivity index (χ2v) is 11.4. The van der Waals surface area contributed by atoms with Crippen molar-refractivity contribution in [3.63, 3.8) is 0 Å². The van der Waals surface area contributed by atoms with Crippen molar-refractivity contribution in [3.05, 3.63) is 65.0 Å². The van der Waals surface area contributed by atoms with E-state index in [2.05, 4.69) is 5.32 Å². The van der Waals surface area contributed by atoms with Crippen molar-refractivity contribution < 1.29 is 36.7 Å². The molecule has 0 aliphatic carbocycles. The van der Waals surface area contributed by atoms with Gasteiger partial charge in [0, 0.05) is 39.0 Å². The number of alkyl halides is 3. The van der Waals surface area contributed by atoms with Crippen LogP contribution in [0.3, 0.4) is 0 Å². The molecule has 0 radical (unpaired) electrons. The number of hydrogen-bond acceptors (Lipinski definition) is 4. The zero-order chi connectivity index (χ0) is 30.1. The molecule has 1 N–H and O–H groups in total. The lowest BCUT2D eigenvalue weighted by Crippen LogP contribution is -2.57. The van der Waals surface area contributed by atoms with E-state index in [4.69, 9.17) is 4.74 Å². The zero-order valence-corrected chi connectivity index (χ0v) is 23.6. The highest BCUT2D eigenvalue weighted by Crippen LogP contribution is 2.50. The third kappa shape index (κ3) is 6.33. The van der Waals surface area contributed by atoms with Crippen molar-refractivity contribution in [1.82, 2.24) is 15.1 Å². The normalized spacial score (nSPS) is 19.8. The Morgan fingerprint density at radius 3 is 2.27 bits per heavy atom. The van der Waals surface area contributed by atoms with E-state index < -0.39 is 46.9 Å². The average molecular weight is 578 g/mol. The Labute approximate surface area is 236 Å². The second kappa shape index (κ2) is 11.7. The number of carbonyl (C=O) groups excluding carboxylic acids is 3. The first kappa shape index (κ1) is 30.3. The van der Waals surface area contributed by atoms with Gasteiger partial charge in [-0.1, -0.05) is 26.0 Å². The summed E-state index contributed by atoms with van der Waals surface area (Å²) < 4.78 is 59.1. The fourth-order valence-electron chi connectivity index (χ4n) is 5.93. The van der Waals surface area contributed by atoms with Gasteiger partial charge >= 0.3 is 6.18 Å². The van der Waals surface area contributed by atoms with Gasteiger partial charge in [-0.2, -0.15) is 13.2 Å².